The zero-order chi connectivity index (χ0) is 20.1. The summed E-state index contributed by atoms with van der Waals surface area (Å²) in [5.74, 6) is 0.480. The van der Waals surface area contributed by atoms with Gasteiger partial charge in [-0.15, -0.1) is 0 Å². The second-order valence-corrected chi connectivity index (χ2v) is 7.08. The fourth-order valence-corrected chi connectivity index (χ4v) is 2.97. The minimum absolute atomic E-state index is 0.244. The van der Waals surface area contributed by atoms with Crippen LogP contribution in [0, 0.1) is 13.8 Å². The molecular weight excluding hydrogens is 350 g/mol. The van der Waals surface area contributed by atoms with Gasteiger partial charge in [-0.1, -0.05) is 38.1 Å². The third kappa shape index (κ3) is 4.71. The van der Waals surface area contributed by atoms with Gasteiger partial charge in [-0.2, -0.15) is 0 Å². The lowest BCUT2D eigenvalue weighted by molar-refractivity contribution is 0.102. The quantitative estimate of drug-likeness (QED) is 0.664. The summed E-state index contributed by atoms with van der Waals surface area (Å²) in [6, 6.07) is 11.6. The van der Waals surface area contributed by atoms with Gasteiger partial charge >= 0.3 is 0 Å². The Bertz CT molecular complexity index is 970. The number of aromatic nitrogens is 3. The molecule has 144 valence electrons. The van der Waals surface area contributed by atoms with Crippen molar-refractivity contribution in [2.45, 2.75) is 40.2 Å². The zero-order valence-electron chi connectivity index (χ0n) is 16.7. The molecule has 0 fully saturated rings. The number of carbonyl (C=O) groups is 1. The van der Waals surface area contributed by atoms with Gasteiger partial charge < -0.3 is 10.6 Å². The van der Waals surface area contributed by atoms with Gasteiger partial charge in [0.25, 0.3) is 5.91 Å². The van der Waals surface area contributed by atoms with E-state index in [2.05, 4.69) is 39.4 Å². The fraction of sp³-hybridized carbons (Fsp3) is 0.273. The highest BCUT2D eigenvalue weighted by Gasteiger charge is 2.15. The molecule has 0 bridgehead atoms. The van der Waals surface area contributed by atoms with Crippen LogP contribution in [-0.4, -0.2) is 20.9 Å². The highest BCUT2D eigenvalue weighted by molar-refractivity contribution is 6.04. The van der Waals surface area contributed by atoms with E-state index in [9.17, 15) is 4.79 Å². The number of hydrogen-bond donors (Lipinski definition) is 2. The number of amides is 1. The molecule has 2 heterocycles. The number of hydrogen-bond acceptors (Lipinski definition) is 5. The Morgan fingerprint density at radius 3 is 2.64 bits per heavy atom. The zero-order valence-corrected chi connectivity index (χ0v) is 16.7. The predicted octanol–water partition coefficient (Wildman–Crippen LogP) is 4.48. The number of rotatable bonds is 6. The molecule has 0 saturated carbocycles. The SMILES string of the molecule is Cc1cc(C(=O)Nc2c(C)cccc2C(C)C)nc(NCc2cccnc2)n1. The van der Waals surface area contributed by atoms with Crippen LogP contribution < -0.4 is 10.6 Å². The van der Waals surface area contributed by atoms with Crippen molar-refractivity contribution in [3.8, 4) is 0 Å². The van der Waals surface area contributed by atoms with Crippen LogP contribution in [0.4, 0.5) is 11.6 Å². The first-order valence-electron chi connectivity index (χ1n) is 9.33. The minimum Gasteiger partial charge on any atom is -0.350 e. The number of para-hydroxylation sites is 1. The van der Waals surface area contributed by atoms with Crippen molar-refractivity contribution in [1.82, 2.24) is 15.0 Å². The smallest absolute Gasteiger partial charge is 0.274 e. The van der Waals surface area contributed by atoms with E-state index in [1.807, 2.05) is 44.2 Å². The van der Waals surface area contributed by atoms with E-state index < -0.39 is 0 Å². The lowest BCUT2D eigenvalue weighted by atomic mass is 9.98. The third-order valence-electron chi connectivity index (χ3n) is 4.43. The normalized spacial score (nSPS) is 10.8. The van der Waals surface area contributed by atoms with Crippen LogP contribution in [-0.2, 0) is 6.54 Å². The Kier molecular flexibility index (Phi) is 5.99. The Labute approximate surface area is 165 Å². The summed E-state index contributed by atoms with van der Waals surface area (Å²) < 4.78 is 0. The fourth-order valence-electron chi connectivity index (χ4n) is 2.97. The Morgan fingerprint density at radius 2 is 1.93 bits per heavy atom. The average molecular weight is 375 g/mol. The van der Waals surface area contributed by atoms with Gasteiger partial charge in [0.05, 0.1) is 0 Å². The number of benzene rings is 1. The molecule has 3 aromatic rings. The predicted molar refractivity (Wildman–Crippen MR) is 112 cm³/mol. The van der Waals surface area contributed by atoms with Crippen LogP contribution in [0.3, 0.4) is 0 Å². The summed E-state index contributed by atoms with van der Waals surface area (Å²) in [7, 11) is 0. The van der Waals surface area contributed by atoms with Crippen molar-refractivity contribution in [1.29, 1.82) is 0 Å². The first-order chi connectivity index (χ1) is 13.4. The maximum atomic E-state index is 12.9. The van der Waals surface area contributed by atoms with Crippen molar-refractivity contribution in [3.63, 3.8) is 0 Å². The lowest BCUT2D eigenvalue weighted by Gasteiger charge is -2.16. The number of anilines is 2. The van der Waals surface area contributed by atoms with E-state index in [0.717, 1.165) is 28.1 Å². The summed E-state index contributed by atoms with van der Waals surface area (Å²) in [6.45, 7) is 8.60. The van der Waals surface area contributed by atoms with E-state index in [0.29, 0.717) is 24.1 Å². The standard InChI is InChI=1S/C22H25N5O/c1-14(2)18-9-5-7-15(3)20(18)27-21(28)19-11-16(4)25-22(26-19)24-13-17-8-6-10-23-12-17/h5-12,14H,13H2,1-4H3,(H,27,28)(H,24,25,26). The third-order valence-corrected chi connectivity index (χ3v) is 4.43. The van der Waals surface area contributed by atoms with Crippen molar-refractivity contribution in [2.24, 2.45) is 0 Å². The molecule has 3 rings (SSSR count). The molecule has 0 radical (unpaired) electrons. The topological polar surface area (TPSA) is 79.8 Å². The molecule has 0 aliphatic rings. The summed E-state index contributed by atoms with van der Waals surface area (Å²) in [5.41, 5.74) is 5.06. The molecule has 6 nitrogen and oxygen atoms in total. The van der Waals surface area contributed by atoms with E-state index in [1.54, 1.807) is 18.5 Å². The highest BCUT2D eigenvalue weighted by Crippen LogP contribution is 2.27. The molecule has 1 aromatic carbocycles. The van der Waals surface area contributed by atoms with Crippen LogP contribution in [0.25, 0.3) is 0 Å². The first-order valence-corrected chi connectivity index (χ1v) is 9.33. The molecule has 0 atom stereocenters. The summed E-state index contributed by atoms with van der Waals surface area (Å²) in [6.07, 6.45) is 3.51. The molecule has 0 aliphatic heterocycles. The molecule has 0 unspecified atom stereocenters. The largest absolute Gasteiger partial charge is 0.350 e. The summed E-state index contributed by atoms with van der Waals surface area (Å²) in [5, 5.41) is 6.20. The molecule has 0 aliphatic carbocycles. The van der Waals surface area contributed by atoms with Crippen LogP contribution >= 0.6 is 0 Å². The van der Waals surface area contributed by atoms with Crippen molar-refractivity contribution >= 4 is 17.5 Å². The molecule has 0 saturated heterocycles. The number of nitrogens with one attached hydrogen (secondary N) is 2. The second kappa shape index (κ2) is 8.61. The van der Waals surface area contributed by atoms with Crippen LogP contribution in [0.1, 0.15) is 52.6 Å². The monoisotopic (exact) mass is 375 g/mol. The Balaban J connectivity index is 1.80. The maximum Gasteiger partial charge on any atom is 0.274 e. The van der Waals surface area contributed by atoms with Crippen molar-refractivity contribution < 1.29 is 4.79 Å². The van der Waals surface area contributed by atoms with Crippen LogP contribution in [0.15, 0.2) is 48.8 Å². The summed E-state index contributed by atoms with van der Waals surface area (Å²) in [4.78, 5) is 25.7. The van der Waals surface area contributed by atoms with Crippen LogP contribution in [0.2, 0.25) is 0 Å². The Hall–Kier alpha value is -3.28. The highest BCUT2D eigenvalue weighted by atomic mass is 16.1. The number of pyridine rings is 1. The molecule has 28 heavy (non-hydrogen) atoms. The maximum absolute atomic E-state index is 12.9. The van der Waals surface area contributed by atoms with Gasteiger partial charge in [-0.3, -0.25) is 9.78 Å². The van der Waals surface area contributed by atoms with E-state index >= 15 is 0 Å². The van der Waals surface area contributed by atoms with E-state index in [4.69, 9.17) is 0 Å². The number of aryl methyl sites for hydroxylation is 2. The lowest BCUT2D eigenvalue weighted by Crippen LogP contribution is -2.18. The summed E-state index contributed by atoms with van der Waals surface area (Å²) >= 11 is 0. The second-order valence-electron chi connectivity index (χ2n) is 7.08. The van der Waals surface area contributed by atoms with Gasteiger partial charge in [0.15, 0.2) is 0 Å². The first kappa shape index (κ1) is 19.5. The number of carbonyl (C=O) groups excluding carboxylic acids is 1. The molecule has 2 aromatic heterocycles. The van der Waals surface area contributed by atoms with Gasteiger partial charge in [0.1, 0.15) is 5.69 Å². The van der Waals surface area contributed by atoms with Gasteiger partial charge in [-0.05, 0) is 48.6 Å². The molecule has 6 heteroatoms. The molecule has 2 N–H and O–H groups in total. The average Bonchev–Trinajstić information content (AvgIpc) is 2.68. The van der Waals surface area contributed by atoms with Gasteiger partial charge in [0.2, 0.25) is 5.95 Å². The van der Waals surface area contributed by atoms with E-state index in [-0.39, 0.29) is 5.91 Å². The minimum atomic E-state index is -0.244. The van der Waals surface area contributed by atoms with Crippen molar-refractivity contribution in [2.75, 3.05) is 10.6 Å². The van der Waals surface area contributed by atoms with Gasteiger partial charge in [0, 0.05) is 30.3 Å². The molecule has 1 amide bonds. The molecular formula is C22H25N5O. The van der Waals surface area contributed by atoms with E-state index in [1.165, 1.54) is 0 Å². The van der Waals surface area contributed by atoms with Gasteiger partial charge in [-0.25, -0.2) is 9.97 Å². The van der Waals surface area contributed by atoms with Crippen molar-refractivity contribution in [3.05, 3.63) is 76.9 Å². The Morgan fingerprint density at radius 1 is 1.11 bits per heavy atom. The van der Waals surface area contributed by atoms with Crippen LogP contribution in [0.5, 0.6) is 0 Å². The number of nitrogens with zero attached hydrogens (tertiary/aromatic N) is 3. The molecule has 0 spiro atoms.